The number of hydrogen-bond acceptors (Lipinski definition) is 7. The van der Waals surface area contributed by atoms with Crippen LogP contribution in [0.25, 0.3) is 0 Å². The zero-order valence-electron chi connectivity index (χ0n) is 8.69. The molecule has 5 atom stereocenters. The van der Waals surface area contributed by atoms with Gasteiger partial charge in [0.25, 0.3) is 0 Å². The molecule has 0 aliphatic carbocycles. The van der Waals surface area contributed by atoms with Crippen molar-refractivity contribution < 1.29 is 29.2 Å². The largest absolute Gasteiger partial charge is 0.387 e. The minimum atomic E-state index is -1.08. The molecule has 0 saturated carbocycles. The predicted octanol–water partition coefficient (Wildman–Crippen LogP) is -1.25. The number of aliphatic hydroxyl groups is 2. The van der Waals surface area contributed by atoms with Crippen molar-refractivity contribution in [1.82, 2.24) is 0 Å². The molecule has 2 aliphatic rings. The Morgan fingerprint density at radius 2 is 1.88 bits per heavy atom. The Balaban J connectivity index is 1.65. The van der Waals surface area contributed by atoms with Crippen molar-refractivity contribution >= 4 is 12.6 Å². The van der Waals surface area contributed by atoms with E-state index < -0.39 is 30.9 Å². The highest BCUT2D eigenvalue weighted by molar-refractivity contribution is 7.80. The molecule has 94 valence electrons. The third-order valence-corrected chi connectivity index (χ3v) is 2.64. The molecule has 7 heteroatoms. The number of thiol groups is 1. The molecule has 16 heavy (non-hydrogen) atoms. The molecule has 2 N–H and O–H groups in total. The first-order valence-corrected chi connectivity index (χ1v) is 5.84. The van der Waals surface area contributed by atoms with E-state index in [0.717, 1.165) is 0 Å². The van der Waals surface area contributed by atoms with Gasteiger partial charge < -0.3 is 29.2 Å². The van der Waals surface area contributed by atoms with Crippen molar-refractivity contribution in [2.24, 2.45) is 0 Å². The fourth-order valence-electron chi connectivity index (χ4n) is 1.56. The topological polar surface area (TPSA) is 80.7 Å². The van der Waals surface area contributed by atoms with Gasteiger partial charge in [0, 0.05) is 5.75 Å². The van der Waals surface area contributed by atoms with Gasteiger partial charge in [-0.15, -0.1) is 0 Å². The number of aliphatic hydroxyl groups excluding tert-OH is 2. The quantitative estimate of drug-likeness (QED) is 0.311. The number of fused-ring (bicyclic) bond motifs is 1. The monoisotopic (exact) mass is 252 g/mol. The number of rotatable bonds is 6. The Morgan fingerprint density at radius 1 is 1.06 bits per heavy atom. The summed E-state index contributed by atoms with van der Waals surface area (Å²) in [7, 11) is 0. The van der Waals surface area contributed by atoms with Gasteiger partial charge in [0.05, 0.1) is 19.8 Å². The lowest BCUT2D eigenvalue weighted by atomic mass is 10.1. The van der Waals surface area contributed by atoms with Crippen molar-refractivity contribution in [3.63, 3.8) is 0 Å². The zero-order valence-corrected chi connectivity index (χ0v) is 9.58. The van der Waals surface area contributed by atoms with E-state index in [1.807, 2.05) is 0 Å². The second-order valence-corrected chi connectivity index (χ2v) is 4.11. The predicted molar refractivity (Wildman–Crippen MR) is 56.2 cm³/mol. The Morgan fingerprint density at radius 3 is 2.62 bits per heavy atom. The fourth-order valence-corrected chi connectivity index (χ4v) is 1.69. The van der Waals surface area contributed by atoms with Crippen LogP contribution in [0, 0.1) is 0 Å². The molecule has 3 unspecified atom stereocenters. The Hall–Kier alpha value is 0.110. The molecular weight excluding hydrogens is 236 g/mol. The molecule has 2 rings (SSSR count). The second kappa shape index (κ2) is 5.63. The summed E-state index contributed by atoms with van der Waals surface area (Å²) < 4.78 is 20.6. The highest BCUT2D eigenvalue weighted by Crippen LogP contribution is 2.35. The average molecular weight is 252 g/mol. The van der Waals surface area contributed by atoms with Gasteiger partial charge in [-0.1, -0.05) is 0 Å². The van der Waals surface area contributed by atoms with Crippen LogP contribution in [0.1, 0.15) is 0 Å². The molecule has 6 nitrogen and oxygen atoms in total. The van der Waals surface area contributed by atoms with Gasteiger partial charge in [-0.2, -0.15) is 12.6 Å². The summed E-state index contributed by atoms with van der Waals surface area (Å²) in [6.45, 7) is 1.24. The van der Waals surface area contributed by atoms with Crippen LogP contribution in [0.2, 0.25) is 0 Å². The van der Waals surface area contributed by atoms with Crippen LogP contribution < -0.4 is 0 Å². The first-order chi connectivity index (χ1) is 7.74. The van der Waals surface area contributed by atoms with E-state index in [9.17, 15) is 10.2 Å². The zero-order chi connectivity index (χ0) is 11.5. The fraction of sp³-hybridized carbons (Fsp3) is 1.00. The van der Waals surface area contributed by atoms with E-state index in [1.165, 1.54) is 0 Å². The summed E-state index contributed by atoms with van der Waals surface area (Å²) in [4.78, 5) is 0. The molecule has 2 heterocycles. The van der Waals surface area contributed by atoms with E-state index in [2.05, 4.69) is 12.6 Å². The highest BCUT2D eigenvalue weighted by Gasteiger charge is 2.56. The maximum Gasteiger partial charge on any atom is 0.190 e. The molecule has 0 radical (unpaired) electrons. The van der Waals surface area contributed by atoms with Gasteiger partial charge in [-0.25, -0.2) is 0 Å². The van der Waals surface area contributed by atoms with E-state index in [-0.39, 0.29) is 0 Å². The van der Waals surface area contributed by atoms with Gasteiger partial charge in [-0.05, 0) is 0 Å². The van der Waals surface area contributed by atoms with E-state index in [0.29, 0.717) is 25.6 Å². The normalized spacial score (nSPS) is 41.8. The van der Waals surface area contributed by atoms with Crippen molar-refractivity contribution in [2.75, 3.05) is 25.6 Å². The maximum absolute atomic E-state index is 9.60. The minimum absolute atomic E-state index is 0.291. The second-order valence-electron chi connectivity index (χ2n) is 3.66. The first kappa shape index (κ1) is 12.6. The Bertz CT molecular complexity index is 228. The van der Waals surface area contributed by atoms with E-state index >= 15 is 0 Å². The molecule has 0 bridgehead atoms. The highest BCUT2D eigenvalue weighted by atomic mass is 32.1. The molecule has 0 spiro atoms. The summed E-state index contributed by atoms with van der Waals surface area (Å²) in [6.07, 6.45) is -3.72. The van der Waals surface area contributed by atoms with Crippen LogP contribution in [-0.4, -0.2) is 66.7 Å². The van der Waals surface area contributed by atoms with Crippen molar-refractivity contribution in [3.8, 4) is 0 Å². The van der Waals surface area contributed by atoms with Gasteiger partial charge >= 0.3 is 0 Å². The molecule has 2 aliphatic heterocycles. The Kier molecular flexibility index (Phi) is 4.42. The molecule has 0 aromatic rings. The first-order valence-electron chi connectivity index (χ1n) is 5.21. The third-order valence-electron chi connectivity index (χ3n) is 2.46. The number of epoxide rings is 1. The van der Waals surface area contributed by atoms with Crippen LogP contribution in [0.15, 0.2) is 0 Å². The van der Waals surface area contributed by atoms with Crippen LogP contribution in [-0.2, 0) is 18.9 Å². The summed E-state index contributed by atoms with van der Waals surface area (Å²) >= 11 is 3.99. The average Bonchev–Trinajstić information content (AvgIpc) is 3.04. The number of ether oxygens (including phenoxy) is 4. The lowest BCUT2D eigenvalue weighted by molar-refractivity contribution is -0.246. The smallest absolute Gasteiger partial charge is 0.190 e. The number of hydrogen-bond donors (Lipinski definition) is 3. The summed E-state index contributed by atoms with van der Waals surface area (Å²) in [5.74, 6) is 0.652. The van der Waals surface area contributed by atoms with Crippen LogP contribution in [0.5, 0.6) is 0 Å². The van der Waals surface area contributed by atoms with Crippen molar-refractivity contribution in [1.29, 1.82) is 0 Å². The molecule has 0 aromatic heterocycles. The van der Waals surface area contributed by atoms with Gasteiger partial charge in [0.2, 0.25) is 0 Å². The summed E-state index contributed by atoms with van der Waals surface area (Å²) in [6, 6.07) is 0. The lowest BCUT2D eigenvalue weighted by Gasteiger charge is -2.28. The van der Waals surface area contributed by atoms with Gasteiger partial charge in [0.1, 0.15) is 18.3 Å². The molecule has 0 aromatic carbocycles. The maximum atomic E-state index is 9.60. The molecule has 0 amide bonds. The van der Waals surface area contributed by atoms with Crippen LogP contribution >= 0.6 is 12.6 Å². The molecule has 2 saturated heterocycles. The lowest BCUT2D eigenvalue weighted by Crippen LogP contribution is -2.48. The molecular formula is C9H16O6S. The standard InChI is InChI=1S/C9H16O6S/c10-5-6(11)8(15-9-7(5)14-9)13-2-1-12-3-4-16/h5-11,16H,1-4H2/t5?,6?,7-,8-,9?/m1/s1. The van der Waals surface area contributed by atoms with E-state index in [4.69, 9.17) is 18.9 Å². The van der Waals surface area contributed by atoms with Gasteiger partial charge in [0.15, 0.2) is 12.6 Å². The van der Waals surface area contributed by atoms with E-state index in [1.54, 1.807) is 0 Å². The van der Waals surface area contributed by atoms with Crippen LogP contribution in [0.3, 0.4) is 0 Å². The third kappa shape index (κ3) is 2.86. The summed E-state index contributed by atoms with van der Waals surface area (Å²) in [5.41, 5.74) is 0. The van der Waals surface area contributed by atoms with Crippen molar-refractivity contribution in [3.05, 3.63) is 0 Å². The minimum Gasteiger partial charge on any atom is -0.387 e. The van der Waals surface area contributed by atoms with Crippen molar-refractivity contribution in [2.45, 2.75) is 30.9 Å². The van der Waals surface area contributed by atoms with Gasteiger partial charge in [-0.3, -0.25) is 0 Å². The van der Waals surface area contributed by atoms with Crippen LogP contribution in [0.4, 0.5) is 0 Å². The molecule has 2 fully saturated rings. The summed E-state index contributed by atoms with van der Waals surface area (Å²) in [5, 5.41) is 19.1. The Labute approximate surface area is 98.8 Å². The SMILES string of the molecule is OC1C(O)[C@H]2OC2O[C@H]1OCCOCCS.